The smallest absolute Gasteiger partial charge is 0.0628 e. The Morgan fingerprint density at radius 1 is 1.24 bits per heavy atom. The Hall–Kier alpha value is -0.830. The third-order valence-electron chi connectivity index (χ3n) is 5.58. The maximum atomic E-state index is 10.3. The molecule has 1 N–H and O–H groups in total. The van der Waals surface area contributed by atoms with Gasteiger partial charge < -0.3 is 5.11 Å². The molecule has 0 radical (unpaired) electrons. The molecule has 21 heavy (non-hydrogen) atoms. The minimum atomic E-state index is -0.116. The van der Waals surface area contributed by atoms with Crippen LogP contribution < -0.4 is 0 Å². The van der Waals surface area contributed by atoms with E-state index in [1.807, 2.05) is 0 Å². The fraction of sp³-hybridized carbons (Fsp3) is 0.833. The van der Waals surface area contributed by atoms with E-state index < -0.39 is 0 Å². The van der Waals surface area contributed by atoms with Crippen LogP contribution in [0, 0.1) is 11.8 Å². The normalized spacial score (nSPS) is 30.9. The van der Waals surface area contributed by atoms with Gasteiger partial charge in [-0.1, -0.05) is 32.6 Å². The van der Waals surface area contributed by atoms with Gasteiger partial charge in [0.05, 0.1) is 17.8 Å². The van der Waals surface area contributed by atoms with E-state index in [-0.39, 0.29) is 6.10 Å². The molecule has 3 rings (SSSR count). The van der Waals surface area contributed by atoms with Crippen molar-refractivity contribution < 1.29 is 5.11 Å². The molecule has 0 saturated heterocycles. The molecule has 1 heterocycles. The average molecular weight is 290 g/mol. The summed E-state index contributed by atoms with van der Waals surface area (Å²) in [6.07, 6.45) is 14.2. The summed E-state index contributed by atoms with van der Waals surface area (Å²) in [5.41, 5.74) is 1.18. The summed E-state index contributed by atoms with van der Waals surface area (Å²) in [6.45, 7) is 2.27. The van der Waals surface area contributed by atoms with Gasteiger partial charge in [0.15, 0.2) is 0 Å². The van der Waals surface area contributed by atoms with E-state index in [1.165, 1.54) is 57.1 Å². The van der Waals surface area contributed by atoms with E-state index >= 15 is 0 Å². The van der Waals surface area contributed by atoms with E-state index in [9.17, 15) is 5.11 Å². The first kappa shape index (κ1) is 15.1. The topological polar surface area (TPSA) is 38.0 Å². The molecule has 2 fully saturated rings. The fourth-order valence-electron chi connectivity index (χ4n) is 4.36. The summed E-state index contributed by atoms with van der Waals surface area (Å²) < 4.78 is 2.18. The lowest BCUT2D eigenvalue weighted by Crippen LogP contribution is -2.30. The summed E-state index contributed by atoms with van der Waals surface area (Å²) >= 11 is 0. The molecule has 1 aromatic heterocycles. The summed E-state index contributed by atoms with van der Waals surface area (Å²) in [5.74, 6) is 1.24. The second kappa shape index (κ2) is 6.95. The number of aliphatic hydroxyl groups is 1. The first-order valence-electron chi connectivity index (χ1n) is 8.98. The number of nitrogens with zero attached hydrogens (tertiary/aromatic N) is 2. The van der Waals surface area contributed by atoms with Gasteiger partial charge in [-0.3, -0.25) is 4.68 Å². The zero-order valence-corrected chi connectivity index (χ0v) is 13.4. The van der Waals surface area contributed by atoms with Crippen molar-refractivity contribution in [2.45, 2.75) is 83.3 Å². The standard InChI is InChI=1S/C18H30N2O/c1-2-5-14-8-9-18(21)15(12-14)13-16-10-11-20(19-16)17-6-3-4-7-17/h10-11,14-15,17-18,21H,2-9,12-13H2,1H3. The number of aliphatic hydroxyl groups excluding tert-OH is 1. The highest BCUT2D eigenvalue weighted by Crippen LogP contribution is 2.34. The highest BCUT2D eigenvalue weighted by molar-refractivity contribution is 5.03. The largest absolute Gasteiger partial charge is 0.393 e. The monoisotopic (exact) mass is 290 g/mol. The van der Waals surface area contributed by atoms with Gasteiger partial charge in [0.1, 0.15) is 0 Å². The molecule has 3 nitrogen and oxygen atoms in total. The summed E-state index contributed by atoms with van der Waals surface area (Å²) in [4.78, 5) is 0. The van der Waals surface area contributed by atoms with E-state index in [0.717, 1.165) is 18.8 Å². The minimum absolute atomic E-state index is 0.116. The van der Waals surface area contributed by atoms with Crippen molar-refractivity contribution in [3.05, 3.63) is 18.0 Å². The fourth-order valence-corrected chi connectivity index (χ4v) is 4.36. The van der Waals surface area contributed by atoms with Gasteiger partial charge >= 0.3 is 0 Å². The van der Waals surface area contributed by atoms with Crippen LogP contribution in [-0.2, 0) is 6.42 Å². The second-order valence-corrected chi connectivity index (χ2v) is 7.22. The van der Waals surface area contributed by atoms with Gasteiger partial charge in [-0.25, -0.2) is 0 Å². The molecule has 0 aromatic carbocycles. The molecule has 2 saturated carbocycles. The molecule has 0 amide bonds. The molecule has 0 bridgehead atoms. The lowest BCUT2D eigenvalue weighted by atomic mass is 9.76. The van der Waals surface area contributed by atoms with E-state index in [0.29, 0.717) is 12.0 Å². The molecule has 1 aromatic rings. The first-order chi connectivity index (χ1) is 10.3. The molecule has 0 aliphatic heterocycles. The number of hydrogen-bond donors (Lipinski definition) is 1. The van der Waals surface area contributed by atoms with E-state index in [1.54, 1.807) is 0 Å². The van der Waals surface area contributed by atoms with Crippen molar-refractivity contribution in [1.82, 2.24) is 9.78 Å². The van der Waals surface area contributed by atoms with Gasteiger partial charge in [0.25, 0.3) is 0 Å². The van der Waals surface area contributed by atoms with Crippen LogP contribution in [0.15, 0.2) is 12.3 Å². The van der Waals surface area contributed by atoms with Crippen LogP contribution in [0.1, 0.15) is 76.4 Å². The Morgan fingerprint density at radius 2 is 2.05 bits per heavy atom. The lowest BCUT2D eigenvalue weighted by molar-refractivity contribution is 0.0457. The van der Waals surface area contributed by atoms with Crippen LogP contribution in [0.3, 0.4) is 0 Å². The van der Waals surface area contributed by atoms with Crippen molar-refractivity contribution in [3.63, 3.8) is 0 Å². The van der Waals surface area contributed by atoms with Crippen LogP contribution in [0.2, 0.25) is 0 Å². The van der Waals surface area contributed by atoms with Crippen LogP contribution >= 0.6 is 0 Å². The van der Waals surface area contributed by atoms with Crippen molar-refractivity contribution >= 4 is 0 Å². The Bertz CT molecular complexity index is 436. The molecule has 3 heteroatoms. The quantitative estimate of drug-likeness (QED) is 0.886. The Kier molecular flexibility index (Phi) is 4.99. The second-order valence-electron chi connectivity index (χ2n) is 7.22. The van der Waals surface area contributed by atoms with E-state index in [4.69, 9.17) is 5.10 Å². The van der Waals surface area contributed by atoms with Gasteiger partial charge in [-0.05, 0) is 56.4 Å². The maximum Gasteiger partial charge on any atom is 0.0628 e. The SMILES string of the molecule is CCCC1CCC(O)C(Cc2ccn(C3CCCC3)n2)C1. The third kappa shape index (κ3) is 3.68. The molecule has 3 unspecified atom stereocenters. The summed E-state index contributed by atoms with van der Waals surface area (Å²) in [6, 6.07) is 2.80. The molecule has 2 aliphatic carbocycles. The van der Waals surface area contributed by atoms with Crippen LogP contribution in [0.4, 0.5) is 0 Å². The Balaban J connectivity index is 1.59. The molecule has 0 spiro atoms. The van der Waals surface area contributed by atoms with Gasteiger partial charge in [-0.15, -0.1) is 0 Å². The first-order valence-corrected chi connectivity index (χ1v) is 8.98. The van der Waals surface area contributed by atoms with Gasteiger partial charge in [-0.2, -0.15) is 5.10 Å². The Labute approximate surface area is 128 Å². The van der Waals surface area contributed by atoms with Crippen molar-refractivity contribution in [1.29, 1.82) is 0 Å². The highest BCUT2D eigenvalue weighted by atomic mass is 16.3. The van der Waals surface area contributed by atoms with Crippen LogP contribution in [0.25, 0.3) is 0 Å². The number of aromatic nitrogens is 2. The zero-order chi connectivity index (χ0) is 14.7. The number of hydrogen-bond acceptors (Lipinski definition) is 2. The van der Waals surface area contributed by atoms with E-state index in [2.05, 4.69) is 23.9 Å². The van der Waals surface area contributed by atoms with Crippen LogP contribution in [-0.4, -0.2) is 21.0 Å². The molecule has 3 atom stereocenters. The number of rotatable bonds is 5. The zero-order valence-electron chi connectivity index (χ0n) is 13.4. The Morgan fingerprint density at radius 3 is 2.81 bits per heavy atom. The predicted molar refractivity (Wildman–Crippen MR) is 85.2 cm³/mol. The van der Waals surface area contributed by atoms with Crippen molar-refractivity contribution in [2.24, 2.45) is 11.8 Å². The third-order valence-corrected chi connectivity index (χ3v) is 5.58. The van der Waals surface area contributed by atoms with Gasteiger partial charge in [0, 0.05) is 6.20 Å². The van der Waals surface area contributed by atoms with Gasteiger partial charge in [0.2, 0.25) is 0 Å². The van der Waals surface area contributed by atoms with Crippen molar-refractivity contribution in [3.8, 4) is 0 Å². The molecule has 118 valence electrons. The predicted octanol–water partition coefficient (Wildman–Crippen LogP) is 4.12. The van der Waals surface area contributed by atoms with Crippen LogP contribution in [0.5, 0.6) is 0 Å². The molecule has 2 aliphatic rings. The highest BCUT2D eigenvalue weighted by Gasteiger charge is 2.29. The average Bonchev–Trinajstić information content (AvgIpc) is 3.13. The summed E-state index contributed by atoms with van der Waals surface area (Å²) in [5, 5.41) is 15.1. The van der Waals surface area contributed by atoms with Crippen molar-refractivity contribution in [2.75, 3.05) is 0 Å². The lowest BCUT2D eigenvalue weighted by Gasteiger charge is -2.33. The maximum absolute atomic E-state index is 10.3. The summed E-state index contributed by atoms with van der Waals surface area (Å²) in [7, 11) is 0. The molecular formula is C18H30N2O. The molecular weight excluding hydrogens is 260 g/mol. The minimum Gasteiger partial charge on any atom is -0.393 e.